The Bertz CT molecular complexity index is 914. The fourth-order valence-electron chi connectivity index (χ4n) is 3.05. The van der Waals surface area contributed by atoms with E-state index in [0.717, 1.165) is 34.2 Å². The molecule has 0 aliphatic carbocycles. The average Bonchev–Trinajstić information content (AvgIpc) is 3.13. The van der Waals surface area contributed by atoms with Crippen molar-refractivity contribution in [2.45, 2.75) is 31.3 Å². The first-order chi connectivity index (χ1) is 13.5. The largest absolute Gasteiger partial charge is 0.481 e. The van der Waals surface area contributed by atoms with Gasteiger partial charge in [-0.2, -0.15) is 0 Å². The fraction of sp³-hybridized carbons (Fsp3) is 0.474. The van der Waals surface area contributed by atoms with E-state index < -0.39 is 5.97 Å². The van der Waals surface area contributed by atoms with Gasteiger partial charge in [0.1, 0.15) is 10.6 Å². The lowest BCUT2D eigenvalue weighted by Crippen LogP contribution is -2.49. The van der Waals surface area contributed by atoms with E-state index in [4.69, 9.17) is 11.5 Å². The maximum atomic E-state index is 12.2. The number of fused-ring (bicyclic) bond motifs is 1. The number of carboxylic acid groups (broad SMARTS) is 1. The number of aromatic nitrogens is 2. The summed E-state index contributed by atoms with van der Waals surface area (Å²) in [7, 11) is 0. The lowest BCUT2D eigenvalue weighted by Gasteiger charge is -2.35. The quantitative estimate of drug-likeness (QED) is 0.420. The van der Waals surface area contributed by atoms with Gasteiger partial charge in [-0.1, -0.05) is 18.7 Å². The normalized spacial score (nSPS) is 14.3. The van der Waals surface area contributed by atoms with Crippen molar-refractivity contribution in [1.82, 2.24) is 14.9 Å². The maximum Gasteiger partial charge on any atom is 0.313 e. The number of amides is 1. The molecule has 3 heterocycles. The highest BCUT2D eigenvalue weighted by Gasteiger charge is 2.24. The number of thiophene rings is 1. The molecule has 0 bridgehead atoms. The van der Waals surface area contributed by atoms with Crippen molar-refractivity contribution in [3.05, 3.63) is 10.9 Å². The standard InChI is InChI=1S/C19H22N4O3S2/c1-3-5-6-15(24)22-7-9-23(10-8-22)17-14-11-13(4-2)28-18(14)21-19(20-17)27-12-16(25)26/h1,11H,4-10,12H2,2H3,(H,25,26). The van der Waals surface area contributed by atoms with Gasteiger partial charge >= 0.3 is 5.97 Å². The first-order valence-corrected chi connectivity index (χ1v) is 10.9. The third kappa shape index (κ3) is 4.75. The molecule has 7 nitrogen and oxygen atoms in total. The summed E-state index contributed by atoms with van der Waals surface area (Å²) in [5.74, 6) is 2.45. The van der Waals surface area contributed by atoms with Crippen LogP contribution in [0.4, 0.5) is 5.82 Å². The lowest BCUT2D eigenvalue weighted by atomic mass is 10.2. The van der Waals surface area contributed by atoms with Crippen molar-refractivity contribution in [2.24, 2.45) is 0 Å². The van der Waals surface area contributed by atoms with Crippen molar-refractivity contribution in [3.8, 4) is 12.3 Å². The summed E-state index contributed by atoms with van der Waals surface area (Å²) >= 11 is 2.74. The molecule has 1 fully saturated rings. The average molecular weight is 419 g/mol. The third-order valence-electron chi connectivity index (χ3n) is 4.49. The molecule has 28 heavy (non-hydrogen) atoms. The minimum Gasteiger partial charge on any atom is -0.481 e. The van der Waals surface area contributed by atoms with Gasteiger partial charge in [-0.3, -0.25) is 9.59 Å². The van der Waals surface area contributed by atoms with E-state index in [0.29, 0.717) is 44.2 Å². The predicted molar refractivity (Wildman–Crippen MR) is 112 cm³/mol. The first kappa shape index (κ1) is 20.4. The van der Waals surface area contributed by atoms with E-state index in [9.17, 15) is 9.59 Å². The van der Waals surface area contributed by atoms with Crippen LogP contribution < -0.4 is 4.90 Å². The fourth-order valence-corrected chi connectivity index (χ4v) is 4.63. The highest BCUT2D eigenvalue weighted by atomic mass is 32.2. The smallest absolute Gasteiger partial charge is 0.313 e. The van der Waals surface area contributed by atoms with Crippen molar-refractivity contribution in [1.29, 1.82) is 0 Å². The number of rotatable bonds is 7. The molecule has 148 valence electrons. The Morgan fingerprint density at radius 3 is 2.71 bits per heavy atom. The molecule has 0 spiro atoms. The molecule has 2 aromatic heterocycles. The Morgan fingerprint density at radius 1 is 1.32 bits per heavy atom. The molecule has 1 aliphatic rings. The third-order valence-corrected chi connectivity index (χ3v) is 6.50. The van der Waals surface area contributed by atoms with Gasteiger partial charge in [0, 0.05) is 43.9 Å². The summed E-state index contributed by atoms with van der Waals surface area (Å²) < 4.78 is 0. The van der Waals surface area contributed by atoms with Crippen molar-refractivity contribution in [2.75, 3.05) is 36.8 Å². The van der Waals surface area contributed by atoms with Crippen molar-refractivity contribution in [3.63, 3.8) is 0 Å². The molecule has 0 unspecified atom stereocenters. The molecule has 3 rings (SSSR count). The molecule has 0 radical (unpaired) electrons. The molecule has 2 aromatic rings. The van der Waals surface area contributed by atoms with Crippen molar-refractivity contribution < 1.29 is 14.7 Å². The number of hydrogen-bond donors (Lipinski definition) is 1. The maximum absolute atomic E-state index is 12.2. The lowest BCUT2D eigenvalue weighted by molar-refractivity contribution is -0.134. The van der Waals surface area contributed by atoms with E-state index in [1.54, 1.807) is 11.3 Å². The minimum atomic E-state index is -0.894. The number of carbonyl (C=O) groups is 2. The molecule has 1 N–H and O–H groups in total. The number of carbonyl (C=O) groups excluding carboxylic acids is 1. The van der Waals surface area contributed by atoms with Crippen molar-refractivity contribution >= 4 is 51.0 Å². The van der Waals surface area contributed by atoms with E-state index in [1.165, 1.54) is 4.88 Å². The van der Waals surface area contributed by atoms with Crippen LogP contribution in [0.5, 0.6) is 0 Å². The van der Waals surface area contributed by atoms with Crippen LogP contribution in [0.2, 0.25) is 0 Å². The van der Waals surface area contributed by atoms with Crippen LogP contribution in [0.25, 0.3) is 10.2 Å². The van der Waals surface area contributed by atoms with Crippen LogP contribution >= 0.6 is 23.1 Å². The van der Waals surface area contributed by atoms with Gasteiger partial charge < -0.3 is 14.9 Å². The molecule has 0 saturated carbocycles. The predicted octanol–water partition coefficient (Wildman–Crippen LogP) is 2.49. The van der Waals surface area contributed by atoms with E-state index in [-0.39, 0.29) is 11.7 Å². The molecule has 1 saturated heterocycles. The molecule has 1 aliphatic heterocycles. The minimum absolute atomic E-state index is 0.0750. The number of hydrogen-bond acceptors (Lipinski definition) is 7. The van der Waals surface area contributed by atoms with E-state index >= 15 is 0 Å². The number of carboxylic acids is 1. The number of piperazine rings is 1. The Labute approximate surface area is 172 Å². The number of aryl methyl sites for hydroxylation is 1. The summed E-state index contributed by atoms with van der Waals surface area (Å²) in [6.45, 7) is 4.69. The van der Waals surface area contributed by atoms with Crippen LogP contribution in [-0.4, -0.2) is 63.8 Å². The van der Waals surface area contributed by atoms with Gasteiger partial charge in [0.25, 0.3) is 0 Å². The number of terminal acetylenes is 1. The molecule has 1 amide bonds. The number of nitrogens with zero attached hydrogens (tertiary/aromatic N) is 4. The zero-order valence-electron chi connectivity index (χ0n) is 15.7. The van der Waals surface area contributed by atoms with Crippen LogP contribution in [0.1, 0.15) is 24.6 Å². The second-order valence-corrected chi connectivity index (χ2v) is 8.43. The summed E-state index contributed by atoms with van der Waals surface area (Å²) in [6.07, 6.45) is 7.01. The van der Waals surface area contributed by atoms with Gasteiger partial charge in [0.15, 0.2) is 5.16 Å². The van der Waals surface area contributed by atoms with Gasteiger partial charge in [0.2, 0.25) is 5.91 Å². The summed E-state index contributed by atoms with van der Waals surface area (Å²) in [5, 5.41) is 10.4. The Morgan fingerprint density at radius 2 is 2.07 bits per heavy atom. The van der Waals surface area contributed by atoms with Gasteiger partial charge in [-0.25, -0.2) is 9.97 Å². The Hall–Kier alpha value is -2.31. The Kier molecular flexibility index (Phi) is 6.75. The zero-order chi connectivity index (χ0) is 20.1. The molecule has 0 atom stereocenters. The van der Waals surface area contributed by atoms with E-state index in [2.05, 4.69) is 33.8 Å². The summed E-state index contributed by atoms with van der Waals surface area (Å²) in [4.78, 5) is 38.4. The summed E-state index contributed by atoms with van der Waals surface area (Å²) in [6, 6.07) is 2.12. The van der Waals surface area contributed by atoms with Crippen LogP contribution in [0.3, 0.4) is 0 Å². The zero-order valence-corrected chi connectivity index (χ0v) is 17.3. The van der Waals surface area contributed by atoms with Gasteiger partial charge in [0.05, 0.1) is 11.1 Å². The SMILES string of the molecule is C#CCCC(=O)N1CCN(c2nc(SCC(=O)O)nc3sc(CC)cc23)CC1. The number of aliphatic carboxylic acids is 1. The first-order valence-electron chi connectivity index (χ1n) is 9.13. The number of anilines is 1. The molecule has 9 heteroatoms. The van der Waals surface area contributed by atoms with E-state index in [1.807, 2.05) is 4.90 Å². The van der Waals surface area contributed by atoms with Crippen LogP contribution in [0.15, 0.2) is 11.2 Å². The van der Waals surface area contributed by atoms with Gasteiger partial charge in [-0.05, 0) is 12.5 Å². The van der Waals surface area contributed by atoms with Crippen LogP contribution in [-0.2, 0) is 16.0 Å². The molecular weight excluding hydrogens is 396 g/mol. The number of thioether (sulfide) groups is 1. The van der Waals surface area contributed by atoms with Gasteiger partial charge in [-0.15, -0.1) is 23.7 Å². The molecule has 0 aromatic carbocycles. The Balaban J connectivity index is 1.81. The van der Waals surface area contributed by atoms with Crippen LogP contribution in [0, 0.1) is 12.3 Å². The second kappa shape index (κ2) is 9.26. The topological polar surface area (TPSA) is 86.6 Å². The molecular formula is C19H22N4O3S2. The summed E-state index contributed by atoms with van der Waals surface area (Å²) in [5.41, 5.74) is 0. The second-order valence-electron chi connectivity index (χ2n) is 6.37. The monoisotopic (exact) mass is 418 g/mol. The highest BCUT2D eigenvalue weighted by molar-refractivity contribution is 7.99. The highest BCUT2D eigenvalue weighted by Crippen LogP contribution is 2.33.